The molecule has 0 radical (unpaired) electrons. The van der Waals surface area contributed by atoms with Crippen LogP contribution in [0.1, 0.15) is 66.2 Å². The van der Waals surface area contributed by atoms with Crippen LogP contribution in [0.25, 0.3) is 11.1 Å². The van der Waals surface area contributed by atoms with Crippen molar-refractivity contribution in [3.8, 4) is 11.1 Å². The van der Waals surface area contributed by atoms with Gasteiger partial charge in [-0.1, -0.05) is 76.9 Å². The highest BCUT2D eigenvalue weighted by Gasteiger charge is 2.43. The molecule has 0 aromatic heterocycles. The molecule has 2 aliphatic rings. The van der Waals surface area contributed by atoms with Gasteiger partial charge in [-0.15, -0.1) is 0 Å². The summed E-state index contributed by atoms with van der Waals surface area (Å²) in [5.74, 6) is 2.88. The van der Waals surface area contributed by atoms with E-state index in [0.717, 1.165) is 48.2 Å². The van der Waals surface area contributed by atoms with Crippen molar-refractivity contribution in [2.24, 2.45) is 35.5 Å². The van der Waals surface area contributed by atoms with Crippen LogP contribution < -0.4 is 10.6 Å². The Balaban J connectivity index is 1.43. The summed E-state index contributed by atoms with van der Waals surface area (Å²) in [5, 5.41) is 6.37. The normalized spacial score (nSPS) is 23.1. The predicted octanol–water partition coefficient (Wildman–Crippen LogP) is 7.38. The molecule has 4 rings (SSSR count). The van der Waals surface area contributed by atoms with Gasteiger partial charge in [0.1, 0.15) is 0 Å². The van der Waals surface area contributed by atoms with Crippen molar-refractivity contribution in [1.82, 2.24) is 0 Å². The van der Waals surface area contributed by atoms with E-state index in [9.17, 15) is 9.59 Å². The van der Waals surface area contributed by atoms with Crippen molar-refractivity contribution in [3.63, 3.8) is 0 Å². The van der Waals surface area contributed by atoms with Crippen LogP contribution in [0.4, 0.5) is 11.4 Å². The smallest absolute Gasteiger partial charge is 0.227 e. The Kier molecular flexibility index (Phi) is 7.75. The molecule has 2 aromatic rings. The molecular formula is C30H40N2O2. The lowest BCUT2D eigenvalue weighted by Gasteiger charge is -2.16. The van der Waals surface area contributed by atoms with Gasteiger partial charge >= 0.3 is 0 Å². The Morgan fingerprint density at radius 1 is 0.706 bits per heavy atom. The van der Waals surface area contributed by atoms with Gasteiger partial charge in [0.15, 0.2) is 0 Å². The average molecular weight is 461 g/mol. The minimum Gasteiger partial charge on any atom is -0.325 e. The summed E-state index contributed by atoms with van der Waals surface area (Å²) in [5.41, 5.74) is 3.51. The lowest BCUT2D eigenvalue weighted by atomic mass is 10.0. The van der Waals surface area contributed by atoms with E-state index in [1.165, 1.54) is 12.8 Å². The van der Waals surface area contributed by atoms with Gasteiger partial charge in [0.25, 0.3) is 0 Å². The van der Waals surface area contributed by atoms with Gasteiger partial charge in [0.05, 0.1) is 0 Å². The van der Waals surface area contributed by atoms with E-state index >= 15 is 0 Å². The fourth-order valence-electron chi connectivity index (χ4n) is 4.98. The second-order valence-electron chi connectivity index (χ2n) is 11.2. The number of carbonyl (C=O) groups excluding carboxylic acids is 2. The van der Waals surface area contributed by atoms with Crippen molar-refractivity contribution in [1.29, 1.82) is 0 Å². The molecule has 2 fully saturated rings. The number of para-hydroxylation sites is 2. The van der Waals surface area contributed by atoms with Crippen LogP contribution in [0.5, 0.6) is 0 Å². The Hall–Kier alpha value is -2.62. The van der Waals surface area contributed by atoms with Gasteiger partial charge in [-0.2, -0.15) is 0 Å². The van der Waals surface area contributed by atoms with E-state index in [0.29, 0.717) is 23.7 Å². The van der Waals surface area contributed by atoms with E-state index in [4.69, 9.17) is 0 Å². The van der Waals surface area contributed by atoms with Crippen LogP contribution in [0.15, 0.2) is 48.5 Å². The van der Waals surface area contributed by atoms with Gasteiger partial charge in [-0.3, -0.25) is 9.59 Å². The number of nitrogens with one attached hydrogen (secondary N) is 2. The Labute approximate surface area is 204 Å². The molecule has 4 heteroatoms. The van der Waals surface area contributed by atoms with Crippen molar-refractivity contribution in [3.05, 3.63) is 48.5 Å². The molecule has 4 atom stereocenters. The first kappa shape index (κ1) is 24.5. The standard InChI is InChI=1S/C30H40N2O2/c1-19(2)13-15-21-17-25(21)29(33)31-27-11-7-5-9-23(27)24-10-6-8-12-28(24)32-30(34)26-18-22(26)16-14-20(3)4/h5-12,19-22,25-26H,13-18H2,1-4H3,(H,31,33)(H,32,34). The number of hydrogen-bond donors (Lipinski definition) is 2. The lowest BCUT2D eigenvalue weighted by molar-refractivity contribution is -0.118. The summed E-state index contributed by atoms with van der Waals surface area (Å²) in [6.07, 6.45) is 6.60. The third kappa shape index (κ3) is 6.28. The molecule has 4 nitrogen and oxygen atoms in total. The van der Waals surface area contributed by atoms with E-state index in [1.54, 1.807) is 0 Å². The molecule has 2 N–H and O–H groups in total. The maximum atomic E-state index is 12.9. The molecule has 0 saturated heterocycles. The minimum absolute atomic E-state index is 0.119. The van der Waals surface area contributed by atoms with Crippen LogP contribution in [-0.2, 0) is 9.59 Å². The summed E-state index contributed by atoms with van der Waals surface area (Å²) in [6.45, 7) is 8.94. The molecule has 182 valence electrons. The molecule has 2 aromatic carbocycles. The number of amides is 2. The Bertz CT molecular complexity index is 931. The number of hydrogen-bond acceptors (Lipinski definition) is 2. The molecule has 0 bridgehead atoms. The largest absolute Gasteiger partial charge is 0.325 e. The topological polar surface area (TPSA) is 58.2 Å². The molecule has 2 saturated carbocycles. The van der Waals surface area contributed by atoms with E-state index in [-0.39, 0.29) is 23.7 Å². The van der Waals surface area contributed by atoms with Gasteiger partial charge < -0.3 is 10.6 Å². The fourth-order valence-corrected chi connectivity index (χ4v) is 4.98. The van der Waals surface area contributed by atoms with Gasteiger partial charge in [0.2, 0.25) is 11.8 Å². The first-order chi connectivity index (χ1) is 16.3. The van der Waals surface area contributed by atoms with Crippen molar-refractivity contribution in [2.75, 3.05) is 10.6 Å². The average Bonchev–Trinajstić information content (AvgIpc) is 3.72. The van der Waals surface area contributed by atoms with E-state index in [2.05, 4.69) is 38.3 Å². The Morgan fingerprint density at radius 2 is 1.09 bits per heavy atom. The molecule has 0 aliphatic heterocycles. The summed E-state index contributed by atoms with van der Waals surface area (Å²) < 4.78 is 0. The first-order valence-corrected chi connectivity index (χ1v) is 13.1. The van der Waals surface area contributed by atoms with Gasteiger partial charge in [0, 0.05) is 34.3 Å². The van der Waals surface area contributed by atoms with Crippen LogP contribution in [0, 0.1) is 35.5 Å². The zero-order chi connectivity index (χ0) is 24.2. The third-order valence-electron chi connectivity index (χ3n) is 7.41. The zero-order valence-electron chi connectivity index (χ0n) is 21.1. The highest BCUT2D eigenvalue weighted by Crippen LogP contribution is 2.45. The number of anilines is 2. The van der Waals surface area contributed by atoms with Crippen LogP contribution in [0.2, 0.25) is 0 Å². The number of rotatable bonds is 11. The Morgan fingerprint density at radius 3 is 1.47 bits per heavy atom. The molecule has 4 unspecified atom stereocenters. The fraction of sp³-hybridized carbons (Fsp3) is 0.533. The second kappa shape index (κ2) is 10.8. The predicted molar refractivity (Wildman–Crippen MR) is 140 cm³/mol. The van der Waals surface area contributed by atoms with Gasteiger partial charge in [-0.25, -0.2) is 0 Å². The third-order valence-corrected chi connectivity index (χ3v) is 7.41. The highest BCUT2D eigenvalue weighted by atomic mass is 16.2. The van der Waals surface area contributed by atoms with Gasteiger partial charge in [-0.05, 0) is 61.5 Å². The quantitative estimate of drug-likeness (QED) is 0.368. The molecule has 2 amide bonds. The minimum atomic E-state index is 0.119. The molecule has 34 heavy (non-hydrogen) atoms. The summed E-state index contributed by atoms with van der Waals surface area (Å²) in [7, 11) is 0. The van der Waals surface area contributed by atoms with Crippen LogP contribution >= 0.6 is 0 Å². The summed E-state index contributed by atoms with van der Waals surface area (Å²) >= 11 is 0. The first-order valence-electron chi connectivity index (χ1n) is 13.1. The SMILES string of the molecule is CC(C)CCC1CC1C(=O)Nc1ccccc1-c1ccccc1NC(=O)C1CC1CCC(C)C. The summed E-state index contributed by atoms with van der Waals surface area (Å²) in [6, 6.07) is 15.8. The summed E-state index contributed by atoms with van der Waals surface area (Å²) in [4.78, 5) is 25.9. The highest BCUT2D eigenvalue weighted by molar-refractivity contribution is 6.02. The van der Waals surface area contributed by atoms with Crippen molar-refractivity contribution >= 4 is 23.2 Å². The van der Waals surface area contributed by atoms with E-state index < -0.39 is 0 Å². The molecule has 2 aliphatic carbocycles. The lowest BCUT2D eigenvalue weighted by Crippen LogP contribution is -2.17. The van der Waals surface area contributed by atoms with Crippen LogP contribution in [-0.4, -0.2) is 11.8 Å². The van der Waals surface area contributed by atoms with E-state index in [1.807, 2.05) is 48.5 Å². The van der Waals surface area contributed by atoms with Crippen molar-refractivity contribution in [2.45, 2.75) is 66.2 Å². The number of carbonyl (C=O) groups is 2. The monoisotopic (exact) mass is 460 g/mol. The van der Waals surface area contributed by atoms with Crippen LogP contribution in [0.3, 0.4) is 0 Å². The maximum absolute atomic E-state index is 12.9. The molecular weight excluding hydrogens is 420 g/mol. The second-order valence-corrected chi connectivity index (χ2v) is 11.2. The van der Waals surface area contributed by atoms with Crippen molar-refractivity contribution < 1.29 is 9.59 Å². The molecule has 0 spiro atoms. The number of benzene rings is 2. The maximum Gasteiger partial charge on any atom is 0.227 e. The zero-order valence-corrected chi connectivity index (χ0v) is 21.1. The molecule has 0 heterocycles.